The number of benzene rings is 2. The van der Waals surface area contributed by atoms with Gasteiger partial charge in [0, 0.05) is 17.5 Å². The van der Waals surface area contributed by atoms with Crippen LogP contribution in [0.15, 0.2) is 48.5 Å². The number of likely N-dealkylation sites (tertiary alicyclic amines) is 1. The van der Waals surface area contributed by atoms with Gasteiger partial charge in [-0.25, -0.2) is 0 Å². The number of aryl methyl sites for hydroxylation is 1. The van der Waals surface area contributed by atoms with Crippen molar-refractivity contribution >= 4 is 0 Å². The van der Waals surface area contributed by atoms with Crippen LogP contribution in [-0.2, 0) is 6.42 Å². The third-order valence-electron chi connectivity index (χ3n) is 5.51. The zero-order valence-electron chi connectivity index (χ0n) is 14.9. The Balaban J connectivity index is 1.96. The van der Waals surface area contributed by atoms with Crippen molar-refractivity contribution in [1.29, 1.82) is 0 Å². The first-order valence-electron chi connectivity index (χ1n) is 9.26. The molecular formula is C22H29NO. The van der Waals surface area contributed by atoms with E-state index in [1.165, 1.54) is 36.9 Å². The lowest BCUT2D eigenvalue weighted by Crippen LogP contribution is -2.37. The predicted molar refractivity (Wildman–Crippen MR) is 101 cm³/mol. The molecule has 2 nitrogen and oxygen atoms in total. The SMILES string of the molecule is CCc1ccc(O)c(C(CC2CCCCN2C)c2ccccc2)c1. The summed E-state index contributed by atoms with van der Waals surface area (Å²) < 4.78 is 0. The molecule has 2 heteroatoms. The molecule has 0 bridgehead atoms. The number of phenolic OH excluding ortho intramolecular Hbond substituents is 1. The van der Waals surface area contributed by atoms with Gasteiger partial charge in [0.15, 0.2) is 0 Å². The average Bonchev–Trinajstić information content (AvgIpc) is 2.62. The number of phenols is 1. The second-order valence-corrected chi connectivity index (χ2v) is 7.08. The number of hydrogen-bond donors (Lipinski definition) is 1. The molecular weight excluding hydrogens is 294 g/mol. The molecule has 128 valence electrons. The van der Waals surface area contributed by atoms with Crippen molar-refractivity contribution in [1.82, 2.24) is 4.90 Å². The molecule has 2 aromatic rings. The molecule has 1 saturated heterocycles. The third kappa shape index (κ3) is 3.81. The van der Waals surface area contributed by atoms with Crippen molar-refractivity contribution < 1.29 is 5.11 Å². The molecule has 3 rings (SSSR count). The second-order valence-electron chi connectivity index (χ2n) is 7.08. The van der Waals surface area contributed by atoms with Crippen molar-refractivity contribution in [3.63, 3.8) is 0 Å². The van der Waals surface area contributed by atoms with E-state index in [0.717, 1.165) is 18.4 Å². The van der Waals surface area contributed by atoms with Gasteiger partial charge in [-0.2, -0.15) is 0 Å². The first-order chi connectivity index (χ1) is 11.7. The highest BCUT2D eigenvalue weighted by molar-refractivity contribution is 5.44. The zero-order valence-corrected chi connectivity index (χ0v) is 14.9. The molecule has 1 fully saturated rings. The van der Waals surface area contributed by atoms with Crippen molar-refractivity contribution in [2.75, 3.05) is 13.6 Å². The molecule has 0 aromatic heterocycles. The van der Waals surface area contributed by atoms with Crippen LogP contribution in [-0.4, -0.2) is 29.6 Å². The van der Waals surface area contributed by atoms with Crippen LogP contribution in [0.2, 0.25) is 0 Å². The normalized spacial score (nSPS) is 20.0. The highest BCUT2D eigenvalue weighted by atomic mass is 16.3. The van der Waals surface area contributed by atoms with E-state index < -0.39 is 0 Å². The molecule has 1 N–H and O–H groups in total. The minimum absolute atomic E-state index is 0.253. The summed E-state index contributed by atoms with van der Waals surface area (Å²) in [5.74, 6) is 0.683. The van der Waals surface area contributed by atoms with Crippen molar-refractivity contribution in [2.24, 2.45) is 0 Å². The summed E-state index contributed by atoms with van der Waals surface area (Å²) in [5.41, 5.74) is 3.68. The van der Waals surface area contributed by atoms with Gasteiger partial charge in [0.05, 0.1) is 0 Å². The number of hydrogen-bond acceptors (Lipinski definition) is 2. The van der Waals surface area contributed by atoms with E-state index in [0.29, 0.717) is 11.8 Å². The summed E-state index contributed by atoms with van der Waals surface area (Å²) in [6.07, 6.45) is 5.95. The quantitative estimate of drug-likeness (QED) is 0.840. The summed E-state index contributed by atoms with van der Waals surface area (Å²) in [6.45, 7) is 3.36. The lowest BCUT2D eigenvalue weighted by Gasteiger charge is -2.35. The maximum absolute atomic E-state index is 10.5. The van der Waals surface area contributed by atoms with E-state index in [-0.39, 0.29) is 5.92 Å². The first-order valence-corrected chi connectivity index (χ1v) is 9.26. The smallest absolute Gasteiger partial charge is 0.119 e. The van der Waals surface area contributed by atoms with Crippen LogP contribution in [0.3, 0.4) is 0 Å². The van der Waals surface area contributed by atoms with Crippen molar-refractivity contribution in [2.45, 2.75) is 51.0 Å². The third-order valence-corrected chi connectivity index (χ3v) is 5.51. The van der Waals surface area contributed by atoms with Gasteiger partial charge in [0.25, 0.3) is 0 Å². The maximum atomic E-state index is 10.5. The molecule has 0 aliphatic carbocycles. The number of rotatable bonds is 5. The molecule has 0 spiro atoms. The van der Waals surface area contributed by atoms with Gasteiger partial charge in [-0.1, -0.05) is 55.8 Å². The van der Waals surface area contributed by atoms with E-state index in [4.69, 9.17) is 0 Å². The Hall–Kier alpha value is -1.80. The Bertz CT molecular complexity index is 652. The average molecular weight is 323 g/mol. The van der Waals surface area contributed by atoms with Gasteiger partial charge < -0.3 is 10.0 Å². The molecule has 0 radical (unpaired) electrons. The minimum Gasteiger partial charge on any atom is -0.508 e. The van der Waals surface area contributed by atoms with E-state index in [1.54, 1.807) is 0 Å². The number of nitrogens with zero attached hydrogens (tertiary/aromatic N) is 1. The maximum Gasteiger partial charge on any atom is 0.119 e. The van der Waals surface area contributed by atoms with E-state index in [9.17, 15) is 5.11 Å². The molecule has 2 atom stereocenters. The highest BCUT2D eigenvalue weighted by Crippen LogP contribution is 2.37. The molecule has 1 aliphatic heterocycles. The van der Waals surface area contributed by atoms with Crippen LogP contribution in [0.1, 0.15) is 55.2 Å². The van der Waals surface area contributed by atoms with Crippen LogP contribution < -0.4 is 0 Å². The molecule has 1 aliphatic rings. The van der Waals surface area contributed by atoms with Gasteiger partial charge in [0.2, 0.25) is 0 Å². The lowest BCUT2D eigenvalue weighted by molar-refractivity contribution is 0.171. The first kappa shape index (κ1) is 17.0. The summed E-state index contributed by atoms with van der Waals surface area (Å²) in [4.78, 5) is 2.50. The summed E-state index contributed by atoms with van der Waals surface area (Å²) in [7, 11) is 2.24. The number of piperidine rings is 1. The summed E-state index contributed by atoms with van der Waals surface area (Å²) in [5, 5.41) is 10.5. The van der Waals surface area contributed by atoms with Crippen LogP contribution in [0.4, 0.5) is 0 Å². The van der Waals surface area contributed by atoms with E-state index in [1.807, 2.05) is 12.1 Å². The Morgan fingerprint density at radius 2 is 1.92 bits per heavy atom. The Labute approximate surface area is 146 Å². The predicted octanol–water partition coefficient (Wildman–Crippen LogP) is 4.96. The fraction of sp³-hybridized carbons (Fsp3) is 0.455. The second kappa shape index (κ2) is 7.85. The molecule has 1 heterocycles. The standard InChI is InChI=1S/C22H29NO/c1-3-17-12-13-22(24)21(15-17)20(18-9-5-4-6-10-18)16-19-11-7-8-14-23(19)2/h4-6,9-10,12-13,15,19-20,24H,3,7-8,11,14,16H2,1-2H3. The zero-order chi connectivity index (χ0) is 16.9. The van der Waals surface area contributed by atoms with Crippen molar-refractivity contribution in [3.8, 4) is 5.75 Å². The minimum atomic E-state index is 0.253. The van der Waals surface area contributed by atoms with E-state index >= 15 is 0 Å². The summed E-state index contributed by atoms with van der Waals surface area (Å²) in [6, 6.07) is 17.4. The monoisotopic (exact) mass is 323 g/mol. The topological polar surface area (TPSA) is 23.5 Å². The Morgan fingerprint density at radius 1 is 1.12 bits per heavy atom. The van der Waals surface area contributed by atoms with E-state index in [2.05, 4.69) is 55.3 Å². The highest BCUT2D eigenvalue weighted by Gasteiger charge is 2.26. The summed E-state index contributed by atoms with van der Waals surface area (Å²) >= 11 is 0. The molecule has 24 heavy (non-hydrogen) atoms. The Kier molecular flexibility index (Phi) is 5.57. The van der Waals surface area contributed by atoms with Gasteiger partial charge in [-0.3, -0.25) is 0 Å². The van der Waals surface area contributed by atoms with Crippen LogP contribution in [0.25, 0.3) is 0 Å². The molecule has 2 unspecified atom stereocenters. The van der Waals surface area contributed by atoms with Crippen molar-refractivity contribution in [3.05, 3.63) is 65.2 Å². The lowest BCUT2D eigenvalue weighted by atomic mass is 9.82. The molecule has 0 saturated carbocycles. The van der Waals surface area contributed by atoms with Gasteiger partial charge in [0.1, 0.15) is 5.75 Å². The molecule has 0 amide bonds. The number of aromatic hydroxyl groups is 1. The Morgan fingerprint density at radius 3 is 2.62 bits per heavy atom. The van der Waals surface area contributed by atoms with Crippen LogP contribution in [0, 0.1) is 0 Å². The largest absolute Gasteiger partial charge is 0.508 e. The van der Waals surface area contributed by atoms with Gasteiger partial charge in [-0.15, -0.1) is 0 Å². The fourth-order valence-electron chi connectivity index (χ4n) is 3.94. The fourth-order valence-corrected chi connectivity index (χ4v) is 3.94. The van der Waals surface area contributed by atoms with Crippen LogP contribution >= 0.6 is 0 Å². The van der Waals surface area contributed by atoms with Gasteiger partial charge >= 0.3 is 0 Å². The van der Waals surface area contributed by atoms with Crippen LogP contribution in [0.5, 0.6) is 5.75 Å². The molecule has 2 aromatic carbocycles. The van der Waals surface area contributed by atoms with Gasteiger partial charge in [-0.05, 0) is 56.5 Å².